The van der Waals surface area contributed by atoms with Crippen LogP contribution in [0.5, 0.6) is 5.75 Å². The van der Waals surface area contributed by atoms with E-state index in [0.717, 1.165) is 25.7 Å². The molecule has 6 heteroatoms. The first-order valence-corrected chi connectivity index (χ1v) is 7.34. The largest absolute Gasteiger partial charge is 0.482 e. The van der Waals surface area contributed by atoms with E-state index in [0.29, 0.717) is 10.8 Å². The van der Waals surface area contributed by atoms with Crippen molar-refractivity contribution in [1.82, 2.24) is 4.90 Å². The van der Waals surface area contributed by atoms with Gasteiger partial charge in [-0.05, 0) is 25.0 Å². The average molecular weight is 312 g/mol. The summed E-state index contributed by atoms with van der Waals surface area (Å²) in [4.78, 5) is 24.6. The van der Waals surface area contributed by atoms with Gasteiger partial charge in [0.2, 0.25) is 0 Å². The standard InChI is InChI=1S/C15H18ClNO4/c16-12-7-3-4-8-13(12)21-10-14(18)17(9-15(19)20)11-5-1-2-6-11/h3-4,7-8,11H,1-2,5-6,9-10H2,(H,19,20). The van der Waals surface area contributed by atoms with Gasteiger partial charge in [0.1, 0.15) is 12.3 Å². The molecule has 0 saturated heterocycles. The topological polar surface area (TPSA) is 66.8 Å². The molecular formula is C15H18ClNO4. The smallest absolute Gasteiger partial charge is 0.323 e. The third-order valence-electron chi connectivity index (χ3n) is 3.58. The van der Waals surface area contributed by atoms with Gasteiger partial charge in [-0.3, -0.25) is 9.59 Å². The van der Waals surface area contributed by atoms with Gasteiger partial charge >= 0.3 is 5.97 Å². The molecule has 1 aromatic carbocycles. The predicted octanol–water partition coefficient (Wildman–Crippen LogP) is 2.57. The number of carbonyl (C=O) groups excluding carboxylic acids is 1. The number of halogens is 1. The van der Waals surface area contributed by atoms with Crippen LogP contribution < -0.4 is 4.74 Å². The van der Waals surface area contributed by atoms with Crippen LogP contribution in [-0.2, 0) is 9.59 Å². The van der Waals surface area contributed by atoms with E-state index in [9.17, 15) is 9.59 Å². The maximum atomic E-state index is 12.2. The van der Waals surface area contributed by atoms with Crippen LogP contribution in [0.2, 0.25) is 5.02 Å². The molecule has 0 radical (unpaired) electrons. The minimum atomic E-state index is -1.01. The summed E-state index contributed by atoms with van der Waals surface area (Å²) in [6, 6.07) is 6.88. The third-order valence-corrected chi connectivity index (χ3v) is 3.89. The minimum absolute atomic E-state index is 0.00319. The van der Waals surface area contributed by atoms with Gasteiger partial charge in [0.25, 0.3) is 5.91 Å². The van der Waals surface area contributed by atoms with E-state index in [4.69, 9.17) is 21.4 Å². The van der Waals surface area contributed by atoms with Gasteiger partial charge in [0, 0.05) is 6.04 Å². The molecule has 0 atom stereocenters. The van der Waals surface area contributed by atoms with Gasteiger partial charge in [-0.25, -0.2) is 0 Å². The second kappa shape index (κ2) is 7.31. The van der Waals surface area contributed by atoms with Crippen LogP contribution in [-0.4, -0.2) is 41.1 Å². The molecule has 21 heavy (non-hydrogen) atoms. The Balaban J connectivity index is 1.97. The summed E-state index contributed by atoms with van der Waals surface area (Å²) < 4.78 is 5.40. The van der Waals surface area contributed by atoms with Crippen LogP contribution in [0.25, 0.3) is 0 Å². The van der Waals surface area contributed by atoms with Crippen molar-refractivity contribution >= 4 is 23.5 Å². The van der Waals surface area contributed by atoms with E-state index in [2.05, 4.69) is 0 Å². The lowest BCUT2D eigenvalue weighted by molar-refractivity contribution is -0.147. The van der Waals surface area contributed by atoms with E-state index < -0.39 is 5.97 Å². The fraction of sp³-hybridized carbons (Fsp3) is 0.467. The summed E-state index contributed by atoms with van der Waals surface area (Å²) >= 11 is 5.95. The van der Waals surface area contributed by atoms with E-state index in [1.54, 1.807) is 24.3 Å². The Hall–Kier alpha value is -1.75. The van der Waals surface area contributed by atoms with Crippen molar-refractivity contribution < 1.29 is 19.4 Å². The lowest BCUT2D eigenvalue weighted by Gasteiger charge is -2.27. The Morgan fingerprint density at radius 1 is 1.29 bits per heavy atom. The summed E-state index contributed by atoms with van der Waals surface area (Å²) in [6.45, 7) is -0.483. The number of carboxylic acid groups (broad SMARTS) is 1. The summed E-state index contributed by atoms with van der Waals surface area (Å²) in [5, 5.41) is 9.39. The van der Waals surface area contributed by atoms with Crippen LogP contribution in [0.15, 0.2) is 24.3 Å². The lowest BCUT2D eigenvalue weighted by atomic mass is 10.2. The molecule has 1 aliphatic carbocycles. The number of carbonyl (C=O) groups is 2. The van der Waals surface area contributed by atoms with Crippen molar-refractivity contribution in [2.45, 2.75) is 31.7 Å². The number of rotatable bonds is 6. The summed E-state index contributed by atoms with van der Waals surface area (Å²) in [5.74, 6) is -0.897. The number of ether oxygens (including phenoxy) is 1. The highest BCUT2D eigenvalue weighted by molar-refractivity contribution is 6.32. The molecule has 0 heterocycles. The molecule has 1 saturated carbocycles. The van der Waals surface area contributed by atoms with Gasteiger partial charge in [0.15, 0.2) is 6.61 Å². The highest BCUT2D eigenvalue weighted by atomic mass is 35.5. The zero-order valence-corrected chi connectivity index (χ0v) is 12.4. The quantitative estimate of drug-likeness (QED) is 0.877. The van der Waals surface area contributed by atoms with E-state index >= 15 is 0 Å². The second-order valence-electron chi connectivity index (χ2n) is 5.07. The Morgan fingerprint density at radius 2 is 1.95 bits per heavy atom. The van der Waals surface area contributed by atoms with Gasteiger partial charge in [-0.1, -0.05) is 36.6 Å². The molecule has 114 valence electrons. The third kappa shape index (κ3) is 4.36. The maximum Gasteiger partial charge on any atom is 0.323 e. The van der Waals surface area contributed by atoms with Crippen molar-refractivity contribution in [2.24, 2.45) is 0 Å². The zero-order chi connectivity index (χ0) is 15.2. The van der Waals surface area contributed by atoms with Crippen LogP contribution in [0.4, 0.5) is 0 Å². The molecule has 0 spiro atoms. The number of aliphatic carboxylic acids is 1. The van der Waals surface area contributed by atoms with Gasteiger partial charge in [-0.15, -0.1) is 0 Å². The van der Waals surface area contributed by atoms with Crippen molar-refractivity contribution in [3.05, 3.63) is 29.3 Å². The molecule has 1 fully saturated rings. The molecule has 0 aromatic heterocycles. The zero-order valence-electron chi connectivity index (χ0n) is 11.6. The molecule has 1 N–H and O–H groups in total. The van der Waals surface area contributed by atoms with Crippen LogP contribution in [0.1, 0.15) is 25.7 Å². The average Bonchev–Trinajstić information content (AvgIpc) is 2.97. The molecule has 0 bridgehead atoms. The second-order valence-corrected chi connectivity index (χ2v) is 5.48. The Kier molecular flexibility index (Phi) is 5.44. The fourth-order valence-corrected chi connectivity index (χ4v) is 2.76. The van der Waals surface area contributed by atoms with Crippen LogP contribution in [0.3, 0.4) is 0 Å². The molecule has 0 unspecified atom stereocenters. The molecule has 0 aliphatic heterocycles. The van der Waals surface area contributed by atoms with Crippen molar-refractivity contribution in [1.29, 1.82) is 0 Å². The number of carboxylic acids is 1. The van der Waals surface area contributed by atoms with Crippen molar-refractivity contribution in [2.75, 3.05) is 13.2 Å². The molecule has 1 amide bonds. The molecule has 1 aromatic rings. The molecule has 1 aliphatic rings. The van der Waals surface area contributed by atoms with E-state index in [-0.39, 0.29) is 25.1 Å². The normalized spacial score (nSPS) is 14.9. The number of hydrogen-bond acceptors (Lipinski definition) is 3. The number of hydrogen-bond donors (Lipinski definition) is 1. The summed E-state index contributed by atoms with van der Waals surface area (Å²) in [5.41, 5.74) is 0. The first-order valence-electron chi connectivity index (χ1n) is 6.96. The maximum absolute atomic E-state index is 12.2. The highest BCUT2D eigenvalue weighted by Gasteiger charge is 2.28. The van der Waals surface area contributed by atoms with E-state index in [1.165, 1.54) is 4.90 Å². The SMILES string of the molecule is O=C(O)CN(C(=O)COc1ccccc1Cl)C1CCCC1. The number of amides is 1. The lowest BCUT2D eigenvalue weighted by Crippen LogP contribution is -2.44. The summed E-state index contributed by atoms with van der Waals surface area (Å²) in [6.07, 6.45) is 3.76. The fourth-order valence-electron chi connectivity index (χ4n) is 2.57. The number of para-hydroxylation sites is 1. The molecule has 5 nitrogen and oxygen atoms in total. The summed E-state index contributed by atoms with van der Waals surface area (Å²) in [7, 11) is 0. The Bertz CT molecular complexity index is 514. The number of benzene rings is 1. The van der Waals surface area contributed by atoms with E-state index in [1.807, 2.05) is 0 Å². The predicted molar refractivity (Wildman–Crippen MR) is 78.6 cm³/mol. The first kappa shape index (κ1) is 15.6. The molecule has 2 rings (SSSR count). The number of nitrogens with zero attached hydrogens (tertiary/aromatic N) is 1. The Labute approximate surface area is 128 Å². The van der Waals surface area contributed by atoms with Gasteiger partial charge in [-0.2, -0.15) is 0 Å². The Morgan fingerprint density at radius 3 is 2.57 bits per heavy atom. The highest BCUT2D eigenvalue weighted by Crippen LogP contribution is 2.25. The van der Waals surface area contributed by atoms with Crippen LogP contribution >= 0.6 is 11.6 Å². The minimum Gasteiger partial charge on any atom is -0.482 e. The van der Waals surface area contributed by atoms with Gasteiger partial charge < -0.3 is 14.7 Å². The van der Waals surface area contributed by atoms with Crippen LogP contribution in [0, 0.1) is 0 Å². The van der Waals surface area contributed by atoms with Gasteiger partial charge in [0.05, 0.1) is 5.02 Å². The first-order chi connectivity index (χ1) is 10.1. The van der Waals surface area contributed by atoms with Crippen molar-refractivity contribution in [3.63, 3.8) is 0 Å². The monoisotopic (exact) mass is 311 g/mol. The molecular weight excluding hydrogens is 294 g/mol. The van der Waals surface area contributed by atoms with Crippen molar-refractivity contribution in [3.8, 4) is 5.75 Å².